The number of methoxy groups -OCH3 is 3. The number of allylic oxidation sites excluding steroid dienone is 1. The van der Waals surface area contributed by atoms with Gasteiger partial charge in [-0.05, 0) is 35.1 Å². The average molecular weight is 364 g/mol. The quantitative estimate of drug-likeness (QED) is 0.516. The Hall–Kier alpha value is -3.47. The summed E-state index contributed by atoms with van der Waals surface area (Å²) in [5.74, 6) is 0.853. The van der Waals surface area contributed by atoms with Gasteiger partial charge in [-0.15, -0.1) is 0 Å². The monoisotopic (exact) mass is 364 g/mol. The number of hydrogen-bond donors (Lipinski definition) is 1. The van der Waals surface area contributed by atoms with Crippen molar-refractivity contribution in [2.45, 2.75) is 0 Å². The van der Waals surface area contributed by atoms with Gasteiger partial charge >= 0.3 is 0 Å². The molecular weight excluding hydrogens is 344 g/mol. The number of rotatable bonds is 6. The largest absolute Gasteiger partial charge is 0.507 e. The number of ketones is 1. The van der Waals surface area contributed by atoms with Crippen LogP contribution in [0.15, 0.2) is 54.6 Å². The second-order valence-electron chi connectivity index (χ2n) is 5.82. The van der Waals surface area contributed by atoms with E-state index in [9.17, 15) is 9.90 Å². The van der Waals surface area contributed by atoms with E-state index in [1.807, 2.05) is 36.4 Å². The molecular formula is C22H20O5. The van der Waals surface area contributed by atoms with Gasteiger partial charge in [0.1, 0.15) is 11.5 Å². The molecule has 5 heteroatoms. The summed E-state index contributed by atoms with van der Waals surface area (Å²) >= 11 is 0. The van der Waals surface area contributed by atoms with Gasteiger partial charge in [-0.1, -0.05) is 30.3 Å². The highest BCUT2D eigenvalue weighted by Crippen LogP contribution is 2.35. The van der Waals surface area contributed by atoms with Crippen LogP contribution in [-0.2, 0) is 0 Å². The molecule has 0 saturated heterocycles. The number of phenols is 1. The molecule has 1 N–H and O–H groups in total. The number of carbonyl (C=O) groups is 1. The molecule has 0 fully saturated rings. The zero-order valence-electron chi connectivity index (χ0n) is 15.4. The van der Waals surface area contributed by atoms with Gasteiger partial charge in [0.15, 0.2) is 17.3 Å². The summed E-state index contributed by atoms with van der Waals surface area (Å²) in [7, 11) is 4.52. The summed E-state index contributed by atoms with van der Waals surface area (Å²) in [6, 6.07) is 14.5. The third kappa shape index (κ3) is 3.58. The van der Waals surface area contributed by atoms with Crippen molar-refractivity contribution < 1.29 is 24.1 Å². The van der Waals surface area contributed by atoms with E-state index < -0.39 is 0 Å². The number of aromatic hydroxyl groups is 1. The first-order valence-corrected chi connectivity index (χ1v) is 8.32. The Morgan fingerprint density at radius 3 is 2.26 bits per heavy atom. The molecule has 3 rings (SSSR count). The second-order valence-corrected chi connectivity index (χ2v) is 5.82. The number of ether oxygens (including phenoxy) is 3. The van der Waals surface area contributed by atoms with E-state index in [0.717, 1.165) is 16.3 Å². The van der Waals surface area contributed by atoms with Gasteiger partial charge < -0.3 is 19.3 Å². The lowest BCUT2D eigenvalue weighted by molar-refractivity contribution is 0.104. The average Bonchev–Trinajstić information content (AvgIpc) is 2.71. The minimum absolute atomic E-state index is 0.128. The number of benzene rings is 3. The normalized spacial score (nSPS) is 10.9. The number of fused-ring (bicyclic) bond motifs is 1. The second kappa shape index (κ2) is 7.83. The van der Waals surface area contributed by atoms with Crippen molar-refractivity contribution in [3.8, 4) is 23.0 Å². The molecule has 0 spiro atoms. The fourth-order valence-corrected chi connectivity index (χ4v) is 2.94. The van der Waals surface area contributed by atoms with Crippen LogP contribution in [0.1, 0.15) is 15.9 Å². The Labute approximate surface area is 157 Å². The van der Waals surface area contributed by atoms with Gasteiger partial charge in [-0.2, -0.15) is 0 Å². The molecule has 0 aromatic heterocycles. The Morgan fingerprint density at radius 1 is 0.889 bits per heavy atom. The molecule has 0 bridgehead atoms. The van der Waals surface area contributed by atoms with Crippen LogP contribution in [0.25, 0.3) is 16.8 Å². The molecule has 3 aromatic carbocycles. The molecule has 138 valence electrons. The fraction of sp³-hybridized carbons (Fsp3) is 0.136. The molecule has 3 aromatic rings. The predicted octanol–water partition coefficient (Wildman–Crippen LogP) is 4.47. The molecule has 0 radical (unpaired) electrons. The first-order chi connectivity index (χ1) is 13.1. The third-order valence-electron chi connectivity index (χ3n) is 4.32. The van der Waals surface area contributed by atoms with Crippen molar-refractivity contribution in [2.75, 3.05) is 21.3 Å². The molecule has 0 aliphatic heterocycles. The summed E-state index contributed by atoms with van der Waals surface area (Å²) in [4.78, 5) is 12.7. The molecule has 0 atom stereocenters. The summed E-state index contributed by atoms with van der Waals surface area (Å²) in [5, 5.41) is 12.2. The maximum atomic E-state index is 12.7. The zero-order valence-corrected chi connectivity index (χ0v) is 15.4. The van der Waals surface area contributed by atoms with Gasteiger partial charge in [0.25, 0.3) is 0 Å². The summed E-state index contributed by atoms with van der Waals surface area (Å²) in [6.45, 7) is 0. The summed E-state index contributed by atoms with van der Waals surface area (Å²) in [5.41, 5.74) is 0.923. The minimum Gasteiger partial charge on any atom is -0.507 e. The van der Waals surface area contributed by atoms with Crippen molar-refractivity contribution >= 4 is 22.6 Å². The van der Waals surface area contributed by atoms with Crippen molar-refractivity contribution in [3.05, 3.63) is 65.7 Å². The highest BCUT2D eigenvalue weighted by Gasteiger charge is 2.15. The van der Waals surface area contributed by atoms with Gasteiger partial charge in [-0.3, -0.25) is 4.79 Å². The van der Waals surface area contributed by atoms with Crippen molar-refractivity contribution in [1.82, 2.24) is 0 Å². The first-order valence-electron chi connectivity index (χ1n) is 8.32. The van der Waals surface area contributed by atoms with Crippen LogP contribution in [0.5, 0.6) is 23.0 Å². The van der Waals surface area contributed by atoms with E-state index in [1.54, 1.807) is 13.2 Å². The predicted molar refractivity (Wildman–Crippen MR) is 105 cm³/mol. The highest BCUT2D eigenvalue weighted by molar-refractivity contribution is 6.10. The van der Waals surface area contributed by atoms with Crippen LogP contribution in [-0.4, -0.2) is 32.2 Å². The molecule has 0 amide bonds. The molecule has 0 saturated carbocycles. The van der Waals surface area contributed by atoms with Crippen molar-refractivity contribution in [3.63, 3.8) is 0 Å². The zero-order chi connectivity index (χ0) is 19.4. The third-order valence-corrected chi connectivity index (χ3v) is 4.32. The van der Waals surface area contributed by atoms with E-state index >= 15 is 0 Å². The molecule has 0 aliphatic rings. The standard InChI is InChI=1S/C22H20O5/c1-25-20-11-8-14-6-4-5-7-15(14)16(20)9-10-18(23)17-12-21(26-2)22(27-3)13-19(17)24/h4-13,24H,1-3H3/b10-9+. The summed E-state index contributed by atoms with van der Waals surface area (Å²) < 4.78 is 15.8. The Kier molecular flexibility index (Phi) is 5.31. The molecule has 27 heavy (non-hydrogen) atoms. The maximum absolute atomic E-state index is 12.7. The van der Waals surface area contributed by atoms with Crippen LogP contribution in [0.2, 0.25) is 0 Å². The topological polar surface area (TPSA) is 65.0 Å². The van der Waals surface area contributed by atoms with Gasteiger partial charge in [0.2, 0.25) is 0 Å². The first kappa shape index (κ1) is 18.3. The number of hydrogen-bond acceptors (Lipinski definition) is 5. The number of carbonyl (C=O) groups excluding carboxylic acids is 1. The van der Waals surface area contributed by atoms with Crippen LogP contribution in [0.4, 0.5) is 0 Å². The highest BCUT2D eigenvalue weighted by atomic mass is 16.5. The molecule has 0 unspecified atom stereocenters. The fourth-order valence-electron chi connectivity index (χ4n) is 2.94. The lowest BCUT2D eigenvalue weighted by atomic mass is 10.0. The lowest BCUT2D eigenvalue weighted by Gasteiger charge is -2.10. The smallest absolute Gasteiger partial charge is 0.189 e. The molecule has 5 nitrogen and oxygen atoms in total. The minimum atomic E-state index is -0.358. The SMILES string of the molecule is COc1cc(O)c(C(=O)/C=C/c2c(OC)ccc3ccccc23)cc1OC. The van der Waals surface area contributed by atoms with Crippen molar-refractivity contribution in [2.24, 2.45) is 0 Å². The van der Waals surface area contributed by atoms with Crippen LogP contribution in [0.3, 0.4) is 0 Å². The molecule has 0 heterocycles. The Bertz CT molecular complexity index is 1020. The van der Waals surface area contributed by atoms with E-state index in [2.05, 4.69) is 0 Å². The van der Waals surface area contributed by atoms with Crippen LogP contribution >= 0.6 is 0 Å². The molecule has 0 aliphatic carbocycles. The Balaban J connectivity index is 2.02. The lowest BCUT2D eigenvalue weighted by Crippen LogP contribution is -1.99. The van der Waals surface area contributed by atoms with Gasteiger partial charge in [0, 0.05) is 11.6 Å². The van der Waals surface area contributed by atoms with E-state index in [-0.39, 0.29) is 17.1 Å². The Morgan fingerprint density at radius 2 is 1.56 bits per heavy atom. The van der Waals surface area contributed by atoms with E-state index in [4.69, 9.17) is 14.2 Å². The maximum Gasteiger partial charge on any atom is 0.189 e. The van der Waals surface area contributed by atoms with Gasteiger partial charge in [-0.25, -0.2) is 0 Å². The number of phenolic OH excluding ortho intramolecular Hbond substituents is 1. The van der Waals surface area contributed by atoms with Crippen molar-refractivity contribution in [1.29, 1.82) is 0 Å². The van der Waals surface area contributed by atoms with Crippen LogP contribution < -0.4 is 14.2 Å². The van der Waals surface area contributed by atoms with Crippen LogP contribution in [0, 0.1) is 0 Å². The van der Waals surface area contributed by atoms with Gasteiger partial charge in [0.05, 0.1) is 26.9 Å². The summed E-state index contributed by atoms with van der Waals surface area (Å²) in [6.07, 6.45) is 3.10. The van der Waals surface area contributed by atoms with E-state index in [1.165, 1.54) is 32.4 Å². The van der Waals surface area contributed by atoms with E-state index in [0.29, 0.717) is 17.2 Å².